The molecule has 106 valence electrons. The quantitative estimate of drug-likeness (QED) is 0.774. The molecule has 6 rings (SSSR count). The Kier molecular flexibility index (Phi) is 2.33. The molecule has 5 atom stereocenters. The van der Waals surface area contributed by atoms with Crippen LogP contribution in [0, 0.1) is 11.8 Å². The molecule has 1 aromatic rings. The van der Waals surface area contributed by atoms with Crippen molar-refractivity contribution in [2.45, 2.75) is 56.5 Å². The first kappa shape index (κ1) is 11.6. The molecule has 1 N–H and O–H groups in total. The summed E-state index contributed by atoms with van der Waals surface area (Å²) in [5.74, 6) is 2.90. The first-order valence-corrected chi connectivity index (χ1v) is 8.44. The number of aromatic hydroxyl groups is 1. The summed E-state index contributed by atoms with van der Waals surface area (Å²) >= 11 is 0. The van der Waals surface area contributed by atoms with E-state index in [1.807, 2.05) is 6.07 Å². The zero-order valence-corrected chi connectivity index (χ0v) is 12.0. The summed E-state index contributed by atoms with van der Waals surface area (Å²) in [7, 11) is 0. The fourth-order valence-electron chi connectivity index (χ4n) is 6.10. The summed E-state index contributed by atoms with van der Waals surface area (Å²) in [6.07, 6.45) is 8.29. The summed E-state index contributed by atoms with van der Waals surface area (Å²) in [5.41, 5.74) is 2.81. The normalized spacial score (nSPS) is 42.1. The van der Waals surface area contributed by atoms with E-state index in [2.05, 4.69) is 17.0 Å². The van der Waals surface area contributed by atoms with Crippen LogP contribution in [-0.4, -0.2) is 22.6 Å². The van der Waals surface area contributed by atoms with Crippen molar-refractivity contribution in [1.82, 2.24) is 4.90 Å². The van der Waals surface area contributed by atoms with Gasteiger partial charge in [-0.3, -0.25) is 4.90 Å². The van der Waals surface area contributed by atoms with Gasteiger partial charge < -0.3 is 5.11 Å². The van der Waals surface area contributed by atoms with E-state index < -0.39 is 0 Å². The lowest BCUT2D eigenvalue weighted by molar-refractivity contribution is -0.0449. The lowest BCUT2D eigenvalue weighted by Gasteiger charge is -2.59. The highest BCUT2D eigenvalue weighted by Gasteiger charge is 2.57. The third kappa shape index (κ3) is 1.29. The van der Waals surface area contributed by atoms with Gasteiger partial charge in [-0.2, -0.15) is 0 Å². The monoisotopic (exact) mass is 269 g/mol. The number of benzene rings is 1. The van der Waals surface area contributed by atoms with Crippen LogP contribution < -0.4 is 0 Å². The molecule has 3 unspecified atom stereocenters. The van der Waals surface area contributed by atoms with Crippen LogP contribution in [0.15, 0.2) is 18.2 Å². The second-order valence-electron chi connectivity index (χ2n) is 7.31. The van der Waals surface area contributed by atoms with E-state index in [-0.39, 0.29) is 0 Å². The molecule has 20 heavy (non-hydrogen) atoms. The third-order valence-corrected chi connectivity index (χ3v) is 6.62. The van der Waals surface area contributed by atoms with Crippen LogP contribution in [0.3, 0.4) is 0 Å². The average molecular weight is 269 g/mol. The van der Waals surface area contributed by atoms with Gasteiger partial charge in [0, 0.05) is 23.6 Å². The minimum absolute atomic E-state index is 0.577. The number of piperidine rings is 2. The largest absolute Gasteiger partial charge is 0.508 e. The maximum atomic E-state index is 10.5. The summed E-state index contributed by atoms with van der Waals surface area (Å²) in [4.78, 5) is 2.82. The Balaban J connectivity index is 1.74. The van der Waals surface area contributed by atoms with E-state index in [9.17, 15) is 5.11 Å². The Morgan fingerprint density at radius 3 is 2.85 bits per heavy atom. The van der Waals surface area contributed by atoms with E-state index in [1.165, 1.54) is 56.2 Å². The first-order chi connectivity index (χ1) is 9.86. The standard InChI is InChI=1S/C18H23NO/c20-15-9-4-7-13-17(15)16-11-5-3-6-12(11)18(13)19-10-2-1-8-14(16)19/h4,7,9,11-12,14,16,18,20H,1-3,5-6,8,10H2/t11-,12+,14?,16?,18?/m1/s1. The summed E-state index contributed by atoms with van der Waals surface area (Å²) < 4.78 is 0. The molecule has 3 fully saturated rings. The molecule has 0 spiro atoms. The van der Waals surface area contributed by atoms with Crippen LogP contribution >= 0.6 is 0 Å². The molecule has 0 radical (unpaired) electrons. The molecular formula is C18H23NO. The Morgan fingerprint density at radius 2 is 1.90 bits per heavy atom. The minimum Gasteiger partial charge on any atom is -0.508 e. The van der Waals surface area contributed by atoms with Gasteiger partial charge in [0.2, 0.25) is 0 Å². The second kappa shape index (κ2) is 4.00. The lowest BCUT2D eigenvalue weighted by atomic mass is 9.59. The smallest absolute Gasteiger partial charge is 0.119 e. The van der Waals surface area contributed by atoms with Gasteiger partial charge in [-0.1, -0.05) is 25.0 Å². The van der Waals surface area contributed by atoms with Crippen molar-refractivity contribution < 1.29 is 5.11 Å². The molecule has 1 saturated carbocycles. The van der Waals surface area contributed by atoms with Crippen LogP contribution in [0.4, 0.5) is 0 Å². The molecule has 3 heterocycles. The summed E-state index contributed by atoms with van der Waals surface area (Å²) in [5, 5.41) is 10.5. The number of hydrogen-bond donors (Lipinski definition) is 1. The van der Waals surface area contributed by atoms with Crippen molar-refractivity contribution >= 4 is 0 Å². The topological polar surface area (TPSA) is 23.5 Å². The third-order valence-electron chi connectivity index (χ3n) is 6.62. The molecule has 2 nitrogen and oxygen atoms in total. The summed E-state index contributed by atoms with van der Waals surface area (Å²) in [6, 6.07) is 7.59. The highest BCUT2D eigenvalue weighted by molar-refractivity contribution is 5.49. The van der Waals surface area contributed by atoms with Crippen molar-refractivity contribution in [3.05, 3.63) is 29.3 Å². The number of rotatable bonds is 0. The molecule has 2 heteroatoms. The van der Waals surface area contributed by atoms with Gasteiger partial charge in [0.15, 0.2) is 0 Å². The van der Waals surface area contributed by atoms with Crippen molar-refractivity contribution in [2.75, 3.05) is 6.54 Å². The average Bonchev–Trinajstić information content (AvgIpc) is 2.97. The Hall–Kier alpha value is -1.02. The van der Waals surface area contributed by atoms with Crippen molar-refractivity contribution in [2.24, 2.45) is 11.8 Å². The zero-order chi connectivity index (χ0) is 13.3. The number of phenolic OH excluding ortho intramolecular Hbond substituents is 1. The van der Waals surface area contributed by atoms with Gasteiger partial charge in [0.05, 0.1) is 0 Å². The second-order valence-corrected chi connectivity index (χ2v) is 7.31. The molecule has 2 aliphatic carbocycles. The van der Waals surface area contributed by atoms with E-state index in [0.29, 0.717) is 23.8 Å². The van der Waals surface area contributed by atoms with Crippen LogP contribution in [0.1, 0.15) is 61.6 Å². The van der Waals surface area contributed by atoms with Crippen molar-refractivity contribution in [1.29, 1.82) is 0 Å². The predicted molar refractivity (Wildman–Crippen MR) is 78.8 cm³/mol. The van der Waals surface area contributed by atoms with Gasteiger partial charge in [-0.25, -0.2) is 0 Å². The molecular weight excluding hydrogens is 246 g/mol. The van der Waals surface area contributed by atoms with Crippen LogP contribution in [-0.2, 0) is 0 Å². The van der Waals surface area contributed by atoms with E-state index in [0.717, 1.165) is 11.8 Å². The van der Waals surface area contributed by atoms with Crippen molar-refractivity contribution in [3.63, 3.8) is 0 Å². The fourth-order valence-corrected chi connectivity index (χ4v) is 6.10. The Bertz CT molecular complexity index is 554. The molecule has 0 amide bonds. The molecule has 3 aliphatic heterocycles. The van der Waals surface area contributed by atoms with E-state index in [4.69, 9.17) is 0 Å². The minimum atomic E-state index is 0.577. The van der Waals surface area contributed by atoms with E-state index in [1.54, 1.807) is 0 Å². The predicted octanol–water partition coefficient (Wildman–Crippen LogP) is 3.81. The maximum absolute atomic E-state index is 10.5. The summed E-state index contributed by atoms with van der Waals surface area (Å²) in [6.45, 7) is 1.28. The lowest BCUT2D eigenvalue weighted by Crippen LogP contribution is -2.58. The first-order valence-electron chi connectivity index (χ1n) is 8.44. The van der Waals surface area contributed by atoms with Gasteiger partial charge in [-0.15, -0.1) is 0 Å². The van der Waals surface area contributed by atoms with Gasteiger partial charge in [-0.05, 0) is 55.7 Å². The molecule has 0 aromatic heterocycles. The SMILES string of the molecule is Oc1cccc2c1C1C3CCCCN3C2[C@H]2CCC[C@@H]12. The molecule has 2 bridgehead atoms. The fraction of sp³-hybridized carbons (Fsp3) is 0.667. The molecule has 1 aromatic carbocycles. The number of phenols is 1. The van der Waals surface area contributed by atoms with Gasteiger partial charge >= 0.3 is 0 Å². The number of nitrogens with zero attached hydrogens (tertiary/aromatic N) is 1. The van der Waals surface area contributed by atoms with Gasteiger partial charge in [0.1, 0.15) is 5.75 Å². The van der Waals surface area contributed by atoms with Crippen LogP contribution in [0.2, 0.25) is 0 Å². The highest BCUT2D eigenvalue weighted by atomic mass is 16.3. The Morgan fingerprint density at radius 1 is 1.00 bits per heavy atom. The van der Waals surface area contributed by atoms with E-state index >= 15 is 0 Å². The maximum Gasteiger partial charge on any atom is 0.119 e. The number of hydrogen-bond acceptors (Lipinski definition) is 2. The zero-order valence-electron chi connectivity index (χ0n) is 12.0. The molecule has 2 saturated heterocycles. The van der Waals surface area contributed by atoms with Crippen LogP contribution in [0.5, 0.6) is 5.75 Å². The van der Waals surface area contributed by atoms with Crippen molar-refractivity contribution in [3.8, 4) is 5.75 Å². The Labute approximate surface area is 120 Å². The van der Waals surface area contributed by atoms with Crippen LogP contribution in [0.25, 0.3) is 0 Å². The van der Waals surface area contributed by atoms with Gasteiger partial charge in [0.25, 0.3) is 0 Å². The highest BCUT2D eigenvalue weighted by Crippen LogP contribution is 2.63. The molecule has 5 aliphatic rings.